The zero-order chi connectivity index (χ0) is 20.3. The van der Waals surface area contributed by atoms with E-state index in [-0.39, 0.29) is 22.9 Å². The summed E-state index contributed by atoms with van der Waals surface area (Å²) in [6, 6.07) is 12.2. The van der Waals surface area contributed by atoms with E-state index < -0.39 is 18.0 Å². The molecule has 144 valence electrons. The van der Waals surface area contributed by atoms with Gasteiger partial charge in [0.25, 0.3) is 5.91 Å². The van der Waals surface area contributed by atoms with Crippen LogP contribution in [0.3, 0.4) is 0 Å². The first kappa shape index (κ1) is 19.1. The number of hydrogen-bond donors (Lipinski definition) is 2. The van der Waals surface area contributed by atoms with E-state index in [1.807, 2.05) is 0 Å². The third-order valence-electron chi connectivity index (χ3n) is 3.54. The summed E-state index contributed by atoms with van der Waals surface area (Å²) >= 11 is 0. The second-order valence-corrected chi connectivity index (χ2v) is 5.71. The summed E-state index contributed by atoms with van der Waals surface area (Å²) in [5, 5.41) is 8.57. The number of carbonyl (C=O) groups excluding carboxylic acids is 2. The smallest absolute Gasteiger partial charge is 0.329 e. The van der Waals surface area contributed by atoms with Crippen LogP contribution < -0.4 is 10.6 Å². The van der Waals surface area contributed by atoms with Crippen LogP contribution in [0.1, 0.15) is 23.2 Å². The van der Waals surface area contributed by atoms with Crippen LogP contribution in [0.5, 0.6) is 0 Å². The maximum Gasteiger partial charge on any atom is 0.471 e. The number of aromatic nitrogens is 2. The number of nitrogens with zero attached hydrogens (tertiary/aromatic N) is 2. The van der Waals surface area contributed by atoms with E-state index in [0.29, 0.717) is 11.4 Å². The monoisotopic (exact) mass is 390 g/mol. The van der Waals surface area contributed by atoms with Crippen LogP contribution in [-0.2, 0) is 11.0 Å². The van der Waals surface area contributed by atoms with E-state index in [2.05, 4.69) is 25.3 Å². The Labute approximate surface area is 156 Å². The van der Waals surface area contributed by atoms with Gasteiger partial charge in [-0.15, -0.1) is 0 Å². The van der Waals surface area contributed by atoms with Crippen molar-refractivity contribution >= 4 is 23.2 Å². The summed E-state index contributed by atoms with van der Waals surface area (Å²) < 4.78 is 41.7. The summed E-state index contributed by atoms with van der Waals surface area (Å²) in [4.78, 5) is 26.6. The Hall–Kier alpha value is -3.69. The number of benzene rings is 2. The molecule has 0 fully saturated rings. The van der Waals surface area contributed by atoms with Gasteiger partial charge in [-0.1, -0.05) is 17.3 Å². The molecule has 0 aliphatic heterocycles. The zero-order valence-corrected chi connectivity index (χ0v) is 14.4. The number of halogens is 3. The van der Waals surface area contributed by atoms with Crippen molar-refractivity contribution in [1.82, 2.24) is 10.1 Å². The average molecular weight is 390 g/mol. The number of rotatable bonds is 4. The SMILES string of the molecule is CC(=O)Nc1ccc(NC(=O)c2ccc(-c3noc(C(F)(F)F)n3)cc2)cc1. The summed E-state index contributed by atoms with van der Waals surface area (Å²) in [5.74, 6) is -2.29. The molecule has 2 amide bonds. The van der Waals surface area contributed by atoms with Crippen LogP contribution in [0.4, 0.5) is 24.5 Å². The fourth-order valence-electron chi connectivity index (χ4n) is 2.27. The first-order chi connectivity index (χ1) is 13.2. The van der Waals surface area contributed by atoms with Crippen molar-refractivity contribution in [3.63, 3.8) is 0 Å². The Bertz CT molecular complexity index is 996. The van der Waals surface area contributed by atoms with Crippen LogP contribution >= 0.6 is 0 Å². The van der Waals surface area contributed by atoms with Crippen LogP contribution in [0.2, 0.25) is 0 Å². The minimum absolute atomic E-state index is 0.208. The van der Waals surface area contributed by atoms with E-state index >= 15 is 0 Å². The number of nitrogens with one attached hydrogen (secondary N) is 2. The molecule has 0 radical (unpaired) electrons. The lowest BCUT2D eigenvalue weighted by Crippen LogP contribution is -2.12. The molecular formula is C18H13F3N4O3. The number of alkyl halides is 3. The zero-order valence-electron chi connectivity index (χ0n) is 14.4. The molecule has 0 unspecified atom stereocenters. The second-order valence-electron chi connectivity index (χ2n) is 5.71. The van der Waals surface area contributed by atoms with Crippen molar-refractivity contribution in [2.24, 2.45) is 0 Å². The number of carbonyl (C=O) groups is 2. The highest BCUT2D eigenvalue weighted by atomic mass is 19.4. The van der Waals surface area contributed by atoms with Gasteiger partial charge in [-0.05, 0) is 36.4 Å². The van der Waals surface area contributed by atoms with E-state index in [1.54, 1.807) is 24.3 Å². The Balaban J connectivity index is 1.68. The maximum absolute atomic E-state index is 12.5. The van der Waals surface area contributed by atoms with Crippen LogP contribution in [-0.4, -0.2) is 22.0 Å². The van der Waals surface area contributed by atoms with Gasteiger partial charge in [0.05, 0.1) is 0 Å². The number of hydrogen-bond acceptors (Lipinski definition) is 5. The van der Waals surface area contributed by atoms with E-state index in [4.69, 9.17) is 0 Å². The van der Waals surface area contributed by atoms with Gasteiger partial charge in [-0.2, -0.15) is 18.2 Å². The quantitative estimate of drug-likeness (QED) is 0.703. The fourth-order valence-corrected chi connectivity index (χ4v) is 2.27. The molecule has 0 saturated heterocycles. The lowest BCUT2D eigenvalue weighted by molar-refractivity contribution is -0.159. The van der Waals surface area contributed by atoms with Gasteiger partial charge in [-0.3, -0.25) is 9.59 Å². The maximum atomic E-state index is 12.5. The number of amides is 2. The van der Waals surface area contributed by atoms with Crippen molar-refractivity contribution in [2.45, 2.75) is 13.1 Å². The average Bonchev–Trinajstić information content (AvgIpc) is 3.14. The predicted molar refractivity (Wildman–Crippen MR) is 93.4 cm³/mol. The summed E-state index contributed by atoms with van der Waals surface area (Å²) in [6.45, 7) is 1.39. The molecule has 3 rings (SSSR count). The summed E-state index contributed by atoms with van der Waals surface area (Å²) in [5.41, 5.74) is 1.66. The third-order valence-corrected chi connectivity index (χ3v) is 3.54. The highest BCUT2D eigenvalue weighted by Gasteiger charge is 2.38. The van der Waals surface area contributed by atoms with Gasteiger partial charge in [0.15, 0.2) is 0 Å². The Morgan fingerprint density at radius 2 is 1.50 bits per heavy atom. The summed E-state index contributed by atoms with van der Waals surface area (Å²) in [6.07, 6.45) is -4.72. The normalized spacial score (nSPS) is 11.1. The lowest BCUT2D eigenvalue weighted by atomic mass is 10.1. The molecule has 0 aliphatic carbocycles. The van der Waals surface area contributed by atoms with Gasteiger partial charge in [-0.25, -0.2) is 0 Å². The highest BCUT2D eigenvalue weighted by molar-refractivity contribution is 6.04. The van der Waals surface area contributed by atoms with Crippen molar-refractivity contribution in [3.8, 4) is 11.4 Å². The van der Waals surface area contributed by atoms with Crippen molar-refractivity contribution in [3.05, 3.63) is 60.0 Å². The Kier molecular flexibility index (Phi) is 5.12. The van der Waals surface area contributed by atoms with E-state index in [9.17, 15) is 22.8 Å². The van der Waals surface area contributed by atoms with Crippen LogP contribution in [0.15, 0.2) is 53.1 Å². The first-order valence-corrected chi connectivity index (χ1v) is 7.93. The van der Waals surface area contributed by atoms with Crippen molar-refractivity contribution in [2.75, 3.05) is 10.6 Å². The van der Waals surface area contributed by atoms with Crippen LogP contribution in [0, 0.1) is 0 Å². The lowest BCUT2D eigenvalue weighted by Gasteiger charge is -2.07. The molecule has 1 heterocycles. The molecule has 2 aromatic carbocycles. The molecule has 1 aromatic heterocycles. The minimum atomic E-state index is -4.72. The largest absolute Gasteiger partial charge is 0.471 e. The Morgan fingerprint density at radius 1 is 0.929 bits per heavy atom. The van der Waals surface area contributed by atoms with E-state index in [0.717, 1.165) is 0 Å². The molecule has 0 atom stereocenters. The molecule has 28 heavy (non-hydrogen) atoms. The molecule has 2 N–H and O–H groups in total. The van der Waals surface area contributed by atoms with Crippen molar-refractivity contribution < 1.29 is 27.3 Å². The predicted octanol–water partition coefficient (Wildman–Crippen LogP) is 3.97. The van der Waals surface area contributed by atoms with Gasteiger partial charge >= 0.3 is 12.1 Å². The minimum Gasteiger partial charge on any atom is -0.329 e. The molecule has 0 aliphatic rings. The summed E-state index contributed by atoms with van der Waals surface area (Å²) in [7, 11) is 0. The fraction of sp³-hybridized carbons (Fsp3) is 0.111. The first-order valence-electron chi connectivity index (χ1n) is 7.93. The van der Waals surface area contributed by atoms with E-state index in [1.165, 1.54) is 31.2 Å². The second kappa shape index (κ2) is 7.51. The molecular weight excluding hydrogens is 377 g/mol. The Morgan fingerprint density at radius 3 is 2.00 bits per heavy atom. The van der Waals surface area contributed by atoms with Gasteiger partial charge in [0.2, 0.25) is 11.7 Å². The molecule has 0 spiro atoms. The molecule has 7 nitrogen and oxygen atoms in total. The standard InChI is InChI=1S/C18H13F3N4O3/c1-10(26)22-13-6-8-14(9-7-13)23-16(27)12-4-2-11(3-5-12)15-24-17(28-25-15)18(19,20)21/h2-9H,1H3,(H,22,26)(H,23,27). The topological polar surface area (TPSA) is 97.1 Å². The highest BCUT2D eigenvalue weighted by Crippen LogP contribution is 2.29. The van der Waals surface area contributed by atoms with Gasteiger partial charge in [0.1, 0.15) is 0 Å². The number of anilines is 2. The molecule has 3 aromatic rings. The third kappa shape index (κ3) is 4.53. The molecule has 0 saturated carbocycles. The van der Waals surface area contributed by atoms with Crippen molar-refractivity contribution in [1.29, 1.82) is 0 Å². The molecule has 10 heteroatoms. The van der Waals surface area contributed by atoms with Gasteiger partial charge < -0.3 is 15.2 Å². The van der Waals surface area contributed by atoms with Crippen LogP contribution in [0.25, 0.3) is 11.4 Å². The van der Waals surface area contributed by atoms with Gasteiger partial charge in [0, 0.05) is 29.4 Å². The molecule has 0 bridgehead atoms.